The minimum Gasteiger partial charge on any atom is -0.445 e. The Balaban J connectivity index is 1.01. The van der Waals surface area contributed by atoms with E-state index < -0.39 is 41.9 Å². The van der Waals surface area contributed by atoms with Crippen LogP contribution in [0, 0.1) is 11.8 Å². The van der Waals surface area contributed by atoms with Crippen molar-refractivity contribution in [2.45, 2.75) is 130 Å². The number of unbranched alkanes of at least 4 members (excludes halogenated alkanes) is 2. The maximum absolute atomic E-state index is 13.9. The van der Waals surface area contributed by atoms with Crippen molar-refractivity contribution in [1.82, 2.24) is 30.7 Å². The van der Waals surface area contributed by atoms with E-state index in [2.05, 4.69) is 36.6 Å². The third kappa shape index (κ3) is 20.8. The number of imide groups is 1. The third-order valence-corrected chi connectivity index (χ3v) is 14.4. The van der Waals surface area contributed by atoms with E-state index >= 15 is 0 Å². The van der Waals surface area contributed by atoms with Crippen LogP contribution in [0.2, 0.25) is 0 Å². The Morgan fingerprint density at radius 2 is 1.48 bits per heavy atom. The highest BCUT2D eigenvalue weighted by atomic mass is 16.5. The van der Waals surface area contributed by atoms with Crippen LogP contribution in [-0.4, -0.2) is 118 Å². The van der Waals surface area contributed by atoms with Gasteiger partial charge in [0.1, 0.15) is 12.4 Å². The number of ketones is 2. The van der Waals surface area contributed by atoms with Gasteiger partial charge < -0.3 is 47.7 Å². The number of carbonyl (C=O) groups excluding carboxylic acids is 10. The Kier molecular flexibility index (Phi) is 25.4. The molecule has 456 valence electrons. The molecule has 22 nitrogen and oxygen atoms in total. The van der Waals surface area contributed by atoms with E-state index in [0.29, 0.717) is 83.7 Å². The van der Waals surface area contributed by atoms with Gasteiger partial charge in [0.15, 0.2) is 11.6 Å². The molecule has 9 N–H and O–H groups in total. The number of primary amides is 1. The van der Waals surface area contributed by atoms with Gasteiger partial charge in [0.05, 0.1) is 29.7 Å². The first-order valence-electron chi connectivity index (χ1n) is 29.3. The average Bonchev–Trinajstić information content (AvgIpc) is 3.16. The van der Waals surface area contributed by atoms with Crippen LogP contribution in [0.25, 0.3) is 6.08 Å². The predicted octanol–water partition coefficient (Wildman–Crippen LogP) is 7.39. The van der Waals surface area contributed by atoms with Crippen LogP contribution in [0.15, 0.2) is 114 Å². The van der Waals surface area contributed by atoms with Crippen LogP contribution in [-0.2, 0) is 57.7 Å². The average molecular weight is 1180 g/mol. The molecule has 0 bridgehead atoms. The molecule has 1 aromatic heterocycles. The van der Waals surface area contributed by atoms with Crippen LogP contribution in [0.1, 0.15) is 131 Å². The Hall–Kier alpha value is -9.34. The van der Waals surface area contributed by atoms with Crippen LogP contribution in [0.4, 0.5) is 26.7 Å². The molecule has 0 aliphatic carbocycles. The topological polar surface area (TPSA) is 324 Å². The molecule has 2 aliphatic rings. The van der Waals surface area contributed by atoms with Gasteiger partial charge in [-0.05, 0) is 110 Å². The lowest BCUT2D eigenvalue weighted by atomic mass is 9.89. The maximum atomic E-state index is 13.9. The molecule has 0 fully saturated rings. The molecule has 3 heterocycles. The SMILES string of the molecule is CCCN(CCC)C(=O)C1=Cc2ccc(C(=O)Nc3cncc(CCC(=O)[C@H](Cc4ccccc4)NC(=O)OCc4ccc(NC(=O)[C@H](CCCNC(N)=O)CC(=O)[C@@H](NC(=O)CCCCCN5C(=O)C=CC5=O)C(C)C)cc4)c3)cc2N=C(N)C1. The molecule has 0 saturated carbocycles. The number of ether oxygens (including phenoxy) is 1. The second kappa shape index (κ2) is 33.2. The summed E-state index contributed by atoms with van der Waals surface area (Å²) in [7, 11) is 0. The van der Waals surface area contributed by atoms with Gasteiger partial charge in [-0.1, -0.05) is 82.6 Å². The van der Waals surface area contributed by atoms with Crippen LogP contribution in [0.5, 0.6) is 0 Å². The Morgan fingerprint density at radius 1 is 0.756 bits per heavy atom. The lowest BCUT2D eigenvalue weighted by Crippen LogP contribution is -2.45. The molecule has 0 saturated heterocycles. The minimum atomic E-state index is -0.959. The molecule has 2 aliphatic heterocycles. The number of fused-ring (bicyclic) bond motifs is 1. The van der Waals surface area contributed by atoms with Crippen molar-refractivity contribution in [3.63, 3.8) is 0 Å². The number of amidine groups is 1. The minimum absolute atomic E-state index is 0.0191. The molecule has 6 rings (SSSR count). The second-order valence-electron chi connectivity index (χ2n) is 21.7. The monoisotopic (exact) mass is 1180 g/mol. The first-order chi connectivity index (χ1) is 41.3. The van der Waals surface area contributed by atoms with Crippen molar-refractivity contribution < 1.29 is 52.7 Å². The number of nitrogens with two attached hydrogens (primary N) is 2. The molecule has 4 aromatic rings. The number of nitrogens with one attached hydrogen (secondary N) is 5. The molecular formula is C64H79N11O11. The van der Waals surface area contributed by atoms with E-state index in [0.717, 1.165) is 23.3 Å². The van der Waals surface area contributed by atoms with E-state index in [1.807, 2.05) is 49.1 Å². The molecule has 3 atom stereocenters. The fraction of sp³-hybridized carbons (Fsp3) is 0.406. The van der Waals surface area contributed by atoms with E-state index in [4.69, 9.17) is 16.2 Å². The fourth-order valence-electron chi connectivity index (χ4n) is 9.93. The lowest BCUT2D eigenvalue weighted by Gasteiger charge is -2.24. The Bertz CT molecular complexity index is 3150. The van der Waals surface area contributed by atoms with Crippen molar-refractivity contribution in [1.29, 1.82) is 0 Å². The van der Waals surface area contributed by atoms with Crippen LogP contribution < -0.4 is 38.1 Å². The number of anilines is 2. The number of alkyl carbamates (subject to hydrolysis) is 1. The zero-order valence-corrected chi connectivity index (χ0v) is 49.4. The largest absolute Gasteiger partial charge is 0.445 e. The van der Waals surface area contributed by atoms with Gasteiger partial charge >= 0.3 is 12.1 Å². The first kappa shape index (κ1) is 65.8. The molecule has 3 aromatic carbocycles. The number of Topliss-reactive ketones (excluding diaryl/α,β-unsaturated/α-hetero) is 2. The molecule has 9 amide bonds. The summed E-state index contributed by atoms with van der Waals surface area (Å²) in [6.07, 6.45) is 10.8. The van der Waals surface area contributed by atoms with Crippen molar-refractivity contribution in [2.24, 2.45) is 28.3 Å². The van der Waals surface area contributed by atoms with Gasteiger partial charge in [0.2, 0.25) is 17.7 Å². The smallest absolute Gasteiger partial charge is 0.408 e. The highest BCUT2D eigenvalue weighted by molar-refractivity contribution is 6.13. The van der Waals surface area contributed by atoms with Crippen molar-refractivity contribution in [2.75, 3.05) is 36.8 Å². The zero-order valence-electron chi connectivity index (χ0n) is 49.4. The number of rotatable bonds is 33. The predicted molar refractivity (Wildman–Crippen MR) is 326 cm³/mol. The quantitative estimate of drug-likeness (QED) is 0.0181. The summed E-state index contributed by atoms with van der Waals surface area (Å²) < 4.78 is 5.58. The normalized spacial score (nSPS) is 13.7. The summed E-state index contributed by atoms with van der Waals surface area (Å²) in [5.74, 6) is -3.54. The first-order valence-corrected chi connectivity index (χ1v) is 29.3. The summed E-state index contributed by atoms with van der Waals surface area (Å²) in [6.45, 7) is 9.13. The van der Waals surface area contributed by atoms with Crippen LogP contribution >= 0.6 is 0 Å². The van der Waals surface area contributed by atoms with Crippen molar-refractivity contribution in [3.05, 3.63) is 137 Å². The number of hydrogen-bond donors (Lipinski definition) is 7. The number of benzene rings is 3. The number of aryl methyl sites for hydroxylation is 1. The number of urea groups is 1. The van der Waals surface area contributed by atoms with E-state index in [-0.39, 0.29) is 112 Å². The van der Waals surface area contributed by atoms with E-state index in [1.54, 1.807) is 74.7 Å². The van der Waals surface area contributed by atoms with Gasteiger partial charge in [0, 0.05) is 98.5 Å². The molecular weight excluding hydrogens is 1100 g/mol. The number of amides is 9. The third-order valence-electron chi connectivity index (χ3n) is 14.4. The molecule has 22 heteroatoms. The number of aliphatic imine (C=N–C) groups is 1. The number of aromatic nitrogens is 1. The van der Waals surface area contributed by atoms with Crippen LogP contribution in [0.3, 0.4) is 0 Å². The number of carbonyl (C=O) groups is 10. The number of hydrogen-bond acceptors (Lipinski definition) is 14. The summed E-state index contributed by atoms with van der Waals surface area (Å²) in [6, 6.07) is 19.9. The standard InChI is InChI=1S/C64H79N11O11/c1-5-29-74(30-6-2)62(83)48-34-45-21-22-47(35-51(45)71-55(65)37-48)61(82)70-50-32-44(38-67-39-50)20-25-53(76)52(33-42-14-9-7-10-15-42)72-64(85)86-40-43-18-23-49(24-19-43)69-60(81)46(16-13-28-68-63(66)84)36-54(77)59(41(3)4)73-56(78)17-11-8-12-31-75-57(79)26-27-58(75)80/h7,9-10,14-15,18-19,21-24,26-27,32,34-35,38-39,41,46,52,59H,5-6,8,11-13,16-17,20,25,28-31,33,36-37,40H2,1-4H3,(H2,65,71)(H,69,81)(H,70,82)(H,72,85)(H,73,78)(H3,66,68,84)/t46-,52+,59+/m1/s1. The highest BCUT2D eigenvalue weighted by Crippen LogP contribution is 2.29. The number of nitrogens with zero attached hydrogens (tertiary/aromatic N) is 4. The molecule has 0 spiro atoms. The number of pyridine rings is 1. The maximum Gasteiger partial charge on any atom is 0.408 e. The second-order valence-corrected chi connectivity index (χ2v) is 21.7. The highest BCUT2D eigenvalue weighted by Gasteiger charge is 2.30. The Morgan fingerprint density at radius 3 is 2.16 bits per heavy atom. The zero-order chi connectivity index (χ0) is 62.1. The Labute approximate surface area is 501 Å². The lowest BCUT2D eigenvalue weighted by molar-refractivity contribution is -0.137. The molecule has 0 radical (unpaired) electrons. The summed E-state index contributed by atoms with van der Waals surface area (Å²) in [5, 5.41) is 13.8. The van der Waals surface area contributed by atoms with Gasteiger partial charge in [-0.25, -0.2) is 14.6 Å². The van der Waals surface area contributed by atoms with Gasteiger partial charge in [-0.3, -0.25) is 48.2 Å². The fourth-order valence-corrected chi connectivity index (χ4v) is 9.93. The van der Waals surface area contributed by atoms with E-state index in [9.17, 15) is 47.9 Å². The molecule has 0 unspecified atom stereocenters. The van der Waals surface area contributed by atoms with Gasteiger partial charge in [-0.15, -0.1) is 0 Å². The van der Waals surface area contributed by atoms with Gasteiger partial charge in [-0.2, -0.15) is 0 Å². The van der Waals surface area contributed by atoms with Crippen molar-refractivity contribution in [3.8, 4) is 0 Å². The van der Waals surface area contributed by atoms with Gasteiger partial charge in [0.25, 0.3) is 17.7 Å². The summed E-state index contributed by atoms with van der Waals surface area (Å²) in [4.78, 5) is 142. The van der Waals surface area contributed by atoms with Crippen molar-refractivity contribution >= 4 is 88.1 Å². The van der Waals surface area contributed by atoms with E-state index in [1.165, 1.54) is 18.3 Å². The summed E-state index contributed by atoms with van der Waals surface area (Å²) >= 11 is 0. The molecule has 86 heavy (non-hydrogen) atoms. The summed E-state index contributed by atoms with van der Waals surface area (Å²) in [5.41, 5.74) is 16.3.